The van der Waals surface area contributed by atoms with Crippen LogP contribution >= 0.6 is 0 Å². The molecular formula is C13H18O4. The van der Waals surface area contributed by atoms with Crippen LogP contribution in [-0.2, 0) is 11.2 Å². The van der Waals surface area contributed by atoms with Crippen LogP contribution in [0.4, 0.5) is 0 Å². The molecular weight excluding hydrogens is 220 g/mol. The molecule has 0 aliphatic rings. The van der Waals surface area contributed by atoms with Crippen molar-refractivity contribution in [3.8, 4) is 11.5 Å². The molecule has 0 fully saturated rings. The quantitative estimate of drug-likeness (QED) is 0.827. The van der Waals surface area contributed by atoms with Gasteiger partial charge in [-0.2, -0.15) is 0 Å². The van der Waals surface area contributed by atoms with Gasteiger partial charge in [-0.05, 0) is 31.0 Å². The first-order valence-electron chi connectivity index (χ1n) is 5.62. The average molecular weight is 238 g/mol. The van der Waals surface area contributed by atoms with Crippen molar-refractivity contribution in [3.05, 3.63) is 23.8 Å². The minimum Gasteiger partial charge on any atom is -0.493 e. The van der Waals surface area contributed by atoms with Crippen molar-refractivity contribution in [2.45, 2.75) is 32.8 Å². The van der Waals surface area contributed by atoms with Crippen molar-refractivity contribution in [2.75, 3.05) is 7.11 Å². The molecule has 1 aromatic rings. The fourth-order valence-electron chi connectivity index (χ4n) is 1.53. The molecule has 0 aliphatic heterocycles. The molecule has 1 N–H and O–H groups in total. The van der Waals surface area contributed by atoms with E-state index in [-0.39, 0.29) is 12.5 Å². The Hall–Kier alpha value is -1.71. The molecule has 4 heteroatoms. The summed E-state index contributed by atoms with van der Waals surface area (Å²) in [6.45, 7) is 3.78. The third-order valence-corrected chi connectivity index (χ3v) is 2.43. The number of methoxy groups -OCH3 is 1. The fraction of sp³-hybridized carbons (Fsp3) is 0.462. The number of aryl methyl sites for hydroxylation is 1. The molecule has 0 radical (unpaired) electrons. The van der Waals surface area contributed by atoms with E-state index in [1.807, 2.05) is 18.2 Å². The SMILES string of the molecule is CCc1ccc(O[C@@H](C)CC(=O)O)c(OC)c1. The van der Waals surface area contributed by atoms with E-state index >= 15 is 0 Å². The molecule has 1 aromatic carbocycles. The van der Waals surface area contributed by atoms with Crippen molar-refractivity contribution in [1.29, 1.82) is 0 Å². The summed E-state index contributed by atoms with van der Waals surface area (Å²) < 4.78 is 10.8. The molecule has 4 nitrogen and oxygen atoms in total. The topological polar surface area (TPSA) is 55.8 Å². The summed E-state index contributed by atoms with van der Waals surface area (Å²) in [7, 11) is 1.57. The minimum atomic E-state index is -0.873. The van der Waals surface area contributed by atoms with Crippen LogP contribution < -0.4 is 9.47 Å². The lowest BCUT2D eigenvalue weighted by atomic mass is 10.1. The van der Waals surface area contributed by atoms with Crippen LogP contribution in [0, 0.1) is 0 Å². The Morgan fingerprint density at radius 2 is 2.12 bits per heavy atom. The molecule has 94 valence electrons. The first-order chi connectivity index (χ1) is 8.06. The third-order valence-electron chi connectivity index (χ3n) is 2.43. The number of hydrogen-bond acceptors (Lipinski definition) is 3. The maximum Gasteiger partial charge on any atom is 0.307 e. The van der Waals surface area contributed by atoms with Crippen molar-refractivity contribution in [3.63, 3.8) is 0 Å². The van der Waals surface area contributed by atoms with E-state index in [9.17, 15) is 4.79 Å². The van der Waals surface area contributed by atoms with Crippen LogP contribution in [-0.4, -0.2) is 24.3 Å². The molecule has 1 rings (SSSR count). The molecule has 0 aliphatic carbocycles. The lowest BCUT2D eigenvalue weighted by Crippen LogP contribution is -2.17. The smallest absolute Gasteiger partial charge is 0.307 e. The molecule has 0 saturated carbocycles. The van der Waals surface area contributed by atoms with Crippen LogP contribution in [0.1, 0.15) is 25.8 Å². The van der Waals surface area contributed by atoms with Crippen LogP contribution in [0.3, 0.4) is 0 Å². The number of benzene rings is 1. The number of carboxylic acid groups (broad SMARTS) is 1. The van der Waals surface area contributed by atoms with Gasteiger partial charge in [0, 0.05) is 0 Å². The Kier molecular flexibility index (Phi) is 4.82. The largest absolute Gasteiger partial charge is 0.493 e. The molecule has 0 saturated heterocycles. The second-order valence-electron chi connectivity index (χ2n) is 3.87. The zero-order valence-electron chi connectivity index (χ0n) is 10.4. The number of aliphatic carboxylic acids is 1. The standard InChI is InChI=1S/C13H18O4/c1-4-10-5-6-11(12(8-10)16-3)17-9(2)7-13(14)15/h5-6,8-9H,4,7H2,1-3H3,(H,14,15)/t9-/m0/s1. The van der Waals surface area contributed by atoms with Gasteiger partial charge >= 0.3 is 5.97 Å². The summed E-state index contributed by atoms with van der Waals surface area (Å²) in [5, 5.41) is 8.66. The second-order valence-corrected chi connectivity index (χ2v) is 3.87. The van der Waals surface area contributed by atoms with Gasteiger partial charge in [-0.1, -0.05) is 13.0 Å². The summed E-state index contributed by atoms with van der Waals surface area (Å²) in [5.74, 6) is 0.349. The molecule has 17 heavy (non-hydrogen) atoms. The summed E-state index contributed by atoms with van der Waals surface area (Å²) in [5.41, 5.74) is 1.15. The van der Waals surface area contributed by atoms with Crippen molar-refractivity contribution >= 4 is 5.97 Å². The normalized spacial score (nSPS) is 11.9. The van der Waals surface area contributed by atoms with E-state index in [2.05, 4.69) is 6.92 Å². The molecule has 0 amide bonds. The van der Waals surface area contributed by atoms with Gasteiger partial charge in [0.25, 0.3) is 0 Å². The predicted octanol–water partition coefficient (Wildman–Crippen LogP) is 2.50. The van der Waals surface area contributed by atoms with E-state index in [4.69, 9.17) is 14.6 Å². The van der Waals surface area contributed by atoms with Gasteiger partial charge in [0.15, 0.2) is 11.5 Å². The zero-order valence-corrected chi connectivity index (χ0v) is 10.4. The molecule has 1 atom stereocenters. The zero-order chi connectivity index (χ0) is 12.8. The molecule has 0 unspecified atom stereocenters. The van der Waals surface area contributed by atoms with Crippen LogP contribution in [0.15, 0.2) is 18.2 Å². The monoisotopic (exact) mass is 238 g/mol. The Morgan fingerprint density at radius 3 is 2.65 bits per heavy atom. The summed E-state index contributed by atoms with van der Waals surface area (Å²) in [6.07, 6.45) is 0.508. The first-order valence-corrected chi connectivity index (χ1v) is 5.62. The maximum absolute atomic E-state index is 10.5. The van der Waals surface area contributed by atoms with Gasteiger partial charge in [0.2, 0.25) is 0 Å². The molecule has 0 aromatic heterocycles. The van der Waals surface area contributed by atoms with Crippen LogP contribution in [0.2, 0.25) is 0 Å². The van der Waals surface area contributed by atoms with Crippen LogP contribution in [0.5, 0.6) is 11.5 Å². The number of carboxylic acids is 1. The van der Waals surface area contributed by atoms with Gasteiger partial charge in [0.05, 0.1) is 13.5 Å². The minimum absolute atomic E-state index is 0.0291. The number of carbonyl (C=O) groups is 1. The number of ether oxygens (including phenoxy) is 2. The lowest BCUT2D eigenvalue weighted by Gasteiger charge is -2.16. The highest BCUT2D eigenvalue weighted by Gasteiger charge is 2.12. The van der Waals surface area contributed by atoms with E-state index in [0.29, 0.717) is 11.5 Å². The highest BCUT2D eigenvalue weighted by Crippen LogP contribution is 2.29. The van der Waals surface area contributed by atoms with Gasteiger partial charge in [0.1, 0.15) is 6.10 Å². The van der Waals surface area contributed by atoms with Crippen molar-refractivity contribution < 1.29 is 19.4 Å². The first kappa shape index (κ1) is 13.4. The van der Waals surface area contributed by atoms with Crippen LogP contribution in [0.25, 0.3) is 0 Å². The van der Waals surface area contributed by atoms with Gasteiger partial charge in [-0.25, -0.2) is 0 Å². The maximum atomic E-state index is 10.5. The predicted molar refractivity (Wildman–Crippen MR) is 64.7 cm³/mol. The molecule has 0 bridgehead atoms. The van der Waals surface area contributed by atoms with E-state index in [0.717, 1.165) is 12.0 Å². The average Bonchev–Trinajstić information content (AvgIpc) is 2.28. The van der Waals surface area contributed by atoms with Gasteiger partial charge in [-0.15, -0.1) is 0 Å². The van der Waals surface area contributed by atoms with E-state index in [1.54, 1.807) is 14.0 Å². The Bertz CT molecular complexity index is 387. The number of hydrogen-bond donors (Lipinski definition) is 1. The Balaban J connectivity index is 2.79. The van der Waals surface area contributed by atoms with E-state index < -0.39 is 5.97 Å². The highest BCUT2D eigenvalue weighted by atomic mass is 16.5. The third kappa shape index (κ3) is 3.98. The Morgan fingerprint density at radius 1 is 1.41 bits per heavy atom. The summed E-state index contributed by atoms with van der Waals surface area (Å²) >= 11 is 0. The molecule has 0 spiro atoms. The fourth-order valence-corrected chi connectivity index (χ4v) is 1.53. The Labute approximate surface area is 101 Å². The summed E-state index contributed by atoms with van der Waals surface area (Å²) in [6, 6.07) is 5.67. The van der Waals surface area contributed by atoms with Crippen molar-refractivity contribution in [2.24, 2.45) is 0 Å². The second kappa shape index (κ2) is 6.13. The number of rotatable bonds is 6. The van der Waals surface area contributed by atoms with Gasteiger partial charge < -0.3 is 14.6 Å². The lowest BCUT2D eigenvalue weighted by molar-refractivity contribution is -0.138. The van der Waals surface area contributed by atoms with Gasteiger partial charge in [-0.3, -0.25) is 4.79 Å². The highest BCUT2D eigenvalue weighted by molar-refractivity contribution is 5.67. The van der Waals surface area contributed by atoms with Crippen molar-refractivity contribution in [1.82, 2.24) is 0 Å². The summed E-state index contributed by atoms with van der Waals surface area (Å²) in [4.78, 5) is 10.5. The van der Waals surface area contributed by atoms with E-state index in [1.165, 1.54) is 0 Å². The molecule has 0 heterocycles.